The van der Waals surface area contributed by atoms with Crippen LogP contribution in [0.1, 0.15) is 15.4 Å². The number of benzene rings is 1. The van der Waals surface area contributed by atoms with E-state index in [-0.39, 0.29) is 12.2 Å². The van der Waals surface area contributed by atoms with Crippen molar-refractivity contribution in [2.75, 3.05) is 5.32 Å². The molecule has 0 saturated heterocycles. The summed E-state index contributed by atoms with van der Waals surface area (Å²) in [5.74, 6) is -1.55. The van der Waals surface area contributed by atoms with Gasteiger partial charge >= 0.3 is 5.97 Å². The quantitative estimate of drug-likeness (QED) is 0.733. The summed E-state index contributed by atoms with van der Waals surface area (Å²) in [5, 5.41) is 19.1. The van der Waals surface area contributed by atoms with Gasteiger partial charge in [0.25, 0.3) is 5.91 Å². The first-order chi connectivity index (χ1) is 11.5. The fourth-order valence-corrected chi connectivity index (χ4v) is 2.92. The third kappa shape index (κ3) is 3.46. The summed E-state index contributed by atoms with van der Waals surface area (Å²) in [6, 6.07) is 9.67. The molecule has 3 rings (SSSR count). The number of aryl methyl sites for hydroxylation is 1. The van der Waals surface area contributed by atoms with E-state index in [0.717, 1.165) is 20.8 Å². The number of carbonyl (C=O) groups is 2. The minimum atomic E-state index is -1.06. The molecule has 3 aromatic rings. The van der Waals surface area contributed by atoms with Crippen LogP contribution in [0.3, 0.4) is 0 Å². The van der Waals surface area contributed by atoms with Crippen LogP contribution in [0.5, 0.6) is 0 Å². The molecule has 24 heavy (non-hydrogen) atoms. The Morgan fingerprint density at radius 3 is 2.75 bits per heavy atom. The van der Waals surface area contributed by atoms with Gasteiger partial charge in [-0.3, -0.25) is 14.9 Å². The van der Waals surface area contributed by atoms with Crippen LogP contribution in [-0.4, -0.2) is 37.0 Å². The third-order valence-corrected chi connectivity index (χ3v) is 4.02. The van der Waals surface area contributed by atoms with E-state index in [0.29, 0.717) is 5.13 Å². The highest BCUT2D eigenvalue weighted by atomic mass is 32.1. The Morgan fingerprint density at radius 1 is 1.29 bits per heavy atom. The van der Waals surface area contributed by atoms with Crippen molar-refractivity contribution in [1.29, 1.82) is 0 Å². The van der Waals surface area contributed by atoms with Gasteiger partial charge in [-0.1, -0.05) is 35.5 Å². The Hall–Kier alpha value is -3.07. The zero-order valence-electron chi connectivity index (χ0n) is 12.6. The van der Waals surface area contributed by atoms with Gasteiger partial charge in [0.2, 0.25) is 0 Å². The smallest absolute Gasteiger partial charge is 0.325 e. The number of hydrogen-bond donors (Lipinski definition) is 2. The molecule has 0 fully saturated rings. The van der Waals surface area contributed by atoms with Crippen LogP contribution in [0.25, 0.3) is 11.3 Å². The van der Waals surface area contributed by atoms with Gasteiger partial charge in [-0.15, -0.1) is 16.4 Å². The van der Waals surface area contributed by atoms with Gasteiger partial charge < -0.3 is 5.11 Å². The van der Waals surface area contributed by atoms with Gasteiger partial charge in [0, 0.05) is 10.4 Å². The Labute approximate surface area is 140 Å². The van der Waals surface area contributed by atoms with E-state index in [9.17, 15) is 9.59 Å². The van der Waals surface area contributed by atoms with Crippen LogP contribution < -0.4 is 5.32 Å². The first kappa shape index (κ1) is 15.8. The predicted octanol–water partition coefficient (Wildman–Crippen LogP) is 2.05. The average Bonchev–Trinajstić information content (AvgIpc) is 3.14. The van der Waals surface area contributed by atoms with E-state index >= 15 is 0 Å². The van der Waals surface area contributed by atoms with Crippen molar-refractivity contribution in [3.8, 4) is 11.3 Å². The summed E-state index contributed by atoms with van der Waals surface area (Å²) in [6.07, 6.45) is 1.28. The summed E-state index contributed by atoms with van der Waals surface area (Å²) in [7, 11) is 0. The number of carbonyl (C=O) groups excluding carboxylic acids is 1. The Bertz CT molecular complexity index is 888. The lowest BCUT2D eigenvalue weighted by Crippen LogP contribution is -2.12. The van der Waals surface area contributed by atoms with E-state index in [1.165, 1.54) is 17.5 Å². The summed E-state index contributed by atoms with van der Waals surface area (Å²) in [6.45, 7) is 1.58. The summed E-state index contributed by atoms with van der Waals surface area (Å²) < 4.78 is 1.08. The zero-order chi connectivity index (χ0) is 17.1. The second-order valence-electron chi connectivity index (χ2n) is 4.94. The van der Waals surface area contributed by atoms with Gasteiger partial charge in [0.15, 0.2) is 10.8 Å². The van der Waals surface area contributed by atoms with Crippen LogP contribution in [0.2, 0.25) is 0 Å². The van der Waals surface area contributed by atoms with Crippen molar-refractivity contribution in [3.05, 3.63) is 47.1 Å². The molecule has 1 aromatic carbocycles. The van der Waals surface area contributed by atoms with E-state index in [1.54, 1.807) is 0 Å². The number of hydrogen-bond acceptors (Lipinski definition) is 6. The normalized spacial score (nSPS) is 10.5. The summed E-state index contributed by atoms with van der Waals surface area (Å²) in [5.41, 5.74) is 1.81. The first-order valence-corrected chi connectivity index (χ1v) is 7.80. The highest BCUT2D eigenvalue weighted by Crippen LogP contribution is 2.30. The molecule has 0 atom stereocenters. The monoisotopic (exact) mass is 343 g/mol. The molecule has 0 saturated carbocycles. The van der Waals surface area contributed by atoms with Crippen molar-refractivity contribution in [1.82, 2.24) is 20.0 Å². The molecular weight excluding hydrogens is 330 g/mol. The van der Waals surface area contributed by atoms with Gasteiger partial charge in [-0.25, -0.2) is 9.67 Å². The standard InChI is InChI=1S/C15H13N5O3S/c1-9-13(10-5-3-2-4-6-10)16-15(24-9)17-14(23)11-7-20(19-18-11)8-12(21)22/h2-7H,8H2,1H3,(H,21,22)(H,16,17,23). The van der Waals surface area contributed by atoms with Gasteiger partial charge in [-0.05, 0) is 6.92 Å². The minimum absolute atomic E-state index is 0.0327. The molecular formula is C15H13N5O3S. The van der Waals surface area contributed by atoms with Crippen molar-refractivity contribution in [3.63, 3.8) is 0 Å². The minimum Gasteiger partial charge on any atom is -0.480 e. The van der Waals surface area contributed by atoms with Crippen molar-refractivity contribution < 1.29 is 14.7 Å². The van der Waals surface area contributed by atoms with Crippen LogP contribution in [-0.2, 0) is 11.3 Å². The lowest BCUT2D eigenvalue weighted by atomic mass is 10.1. The van der Waals surface area contributed by atoms with Gasteiger partial charge in [0.1, 0.15) is 6.54 Å². The zero-order valence-corrected chi connectivity index (χ0v) is 13.4. The first-order valence-electron chi connectivity index (χ1n) is 6.99. The van der Waals surface area contributed by atoms with E-state index in [1.807, 2.05) is 37.3 Å². The van der Waals surface area contributed by atoms with Crippen LogP contribution in [0.4, 0.5) is 5.13 Å². The molecule has 2 aromatic heterocycles. The lowest BCUT2D eigenvalue weighted by Gasteiger charge is -1.98. The number of carboxylic acid groups (broad SMARTS) is 1. The maximum atomic E-state index is 12.2. The number of nitrogens with zero attached hydrogens (tertiary/aromatic N) is 4. The number of nitrogens with one attached hydrogen (secondary N) is 1. The molecule has 0 radical (unpaired) electrons. The third-order valence-electron chi connectivity index (χ3n) is 3.13. The molecule has 0 aliphatic carbocycles. The van der Waals surface area contributed by atoms with Crippen molar-refractivity contribution in [2.24, 2.45) is 0 Å². The van der Waals surface area contributed by atoms with Crippen molar-refractivity contribution in [2.45, 2.75) is 13.5 Å². The number of aliphatic carboxylic acids is 1. The Kier molecular flexibility index (Phi) is 4.34. The lowest BCUT2D eigenvalue weighted by molar-refractivity contribution is -0.137. The predicted molar refractivity (Wildman–Crippen MR) is 87.9 cm³/mol. The van der Waals surface area contributed by atoms with Crippen molar-refractivity contribution >= 4 is 28.3 Å². The highest BCUT2D eigenvalue weighted by Gasteiger charge is 2.16. The van der Waals surface area contributed by atoms with E-state index < -0.39 is 11.9 Å². The van der Waals surface area contributed by atoms with Crippen LogP contribution in [0, 0.1) is 6.92 Å². The number of rotatable bonds is 5. The topological polar surface area (TPSA) is 110 Å². The second-order valence-corrected chi connectivity index (χ2v) is 6.14. The molecule has 0 unspecified atom stereocenters. The molecule has 0 bridgehead atoms. The van der Waals surface area contributed by atoms with Crippen LogP contribution in [0.15, 0.2) is 36.5 Å². The molecule has 2 N–H and O–H groups in total. The molecule has 0 spiro atoms. The fraction of sp³-hybridized carbons (Fsp3) is 0.133. The highest BCUT2D eigenvalue weighted by molar-refractivity contribution is 7.16. The van der Waals surface area contributed by atoms with Gasteiger partial charge in [-0.2, -0.15) is 0 Å². The van der Waals surface area contributed by atoms with Gasteiger partial charge in [0.05, 0.1) is 11.9 Å². The van der Waals surface area contributed by atoms with Crippen LogP contribution >= 0.6 is 11.3 Å². The van der Waals surface area contributed by atoms with E-state index in [2.05, 4.69) is 20.6 Å². The number of anilines is 1. The molecule has 0 aliphatic heterocycles. The summed E-state index contributed by atoms with van der Waals surface area (Å²) >= 11 is 1.36. The molecule has 8 nitrogen and oxygen atoms in total. The number of carboxylic acids is 1. The number of thiazole rings is 1. The van der Waals surface area contributed by atoms with E-state index in [4.69, 9.17) is 5.11 Å². The molecule has 1 amide bonds. The molecule has 9 heteroatoms. The largest absolute Gasteiger partial charge is 0.480 e. The number of aromatic nitrogens is 4. The fourth-order valence-electron chi connectivity index (χ4n) is 2.09. The average molecular weight is 343 g/mol. The summed E-state index contributed by atoms with van der Waals surface area (Å²) in [4.78, 5) is 28.2. The maximum absolute atomic E-state index is 12.2. The molecule has 2 heterocycles. The Morgan fingerprint density at radius 2 is 2.04 bits per heavy atom. The SMILES string of the molecule is Cc1sc(NC(=O)c2cn(CC(=O)O)nn2)nc1-c1ccccc1. The molecule has 0 aliphatic rings. The second kappa shape index (κ2) is 6.59. The Balaban J connectivity index is 1.75. The molecule has 122 valence electrons. The maximum Gasteiger partial charge on any atom is 0.325 e. The number of amides is 1.